The van der Waals surface area contributed by atoms with Crippen molar-refractivity contribution >= 4 is 17.7 Å². The van der Waals surface area contributed by atoms with Gasteiger partial charge >= 0.3 is 0 Å². The van der Waals surface area contributed by atoms with E-state index in [-0.39, 0.29) is 18.6 Å². The number of imidazole rings is 1. The molecule has 0 saturated carbocycles. The van der Waals surface area contributed by atoms with E-state index < -0.39 is 0 Å². The minimum atomic E-state index is -0.113. The molecule has 1 aliphatic rings. The van der Waals surface area contributed by atoms with Gasteiger partial charge < -0.3 is 19.4 Å². The third-order valence-corrected chi connectivity index (χ3v) is 4.25. The molecule has 1 atom stereocenters. The Kier molecular flexibility index (Phi) is 6.53. The van der Waals surface area contributed by atoms with Crippen molar-refractivity contribution < 1.29 is 14.3 Å². The SMILES string of the molecule is CSc1ncc(CNC(=O)COC[C@H]2CCCCO2)n1C. The lowest BCUT2D eigenvalue weighted by molar-refractivity contribution is -0.128. The van der Waals surface area contributed by atoms with E-state index in [4.69, 9.17) is 9.47 Å². The number of nitrogens with zero attached hydrogens (tertiary/aromatic N) is 2. The number of ether oxygens (including phenoxy) is 2. The van der Waals surface area contributed by atoms with Gasteiger partial charge in [-0.2, -0.15) is 0 Å². The zero-order valence-electron chi connectivity index (χ0n) is 12.6. The van der Waals surface area contributed by atoms with Gasteiger partial charge in [-0.1, -0.05) is 11.8 Å². The number of amides is 1. The topological polar surface area (TPSA) is 65.4 Å². The van der Waals surface area contributed by atoms with Crippen LogP contribution in [0.5, 0.6) is 0 Å². The lowest BCUT2D eigenvalue weighted by atomic mass is 10.1. The molecule has 1 N–H and O–H groups in total. The Morgan fingerprint density at radius 2 is 2.48 bits per heavy atom. The average Bonchev–Trinajstić information content (AvgIpc) is 2.86. The highest BCUT2D eigenvalue weighted by molar-refractivity contribution is 7.98. The van der Waals surface area contributed by atoms with Crippen molar-refractivity contribution in [3.05, 3.63) is 11.9 Å². The number of thioether (sulfide) groups is 1. The number of carbonyl (C=O) groups excluding carboxylic acids is 1. The van der Waals surface area contributed by atoms with Crippen LogP contribution in [0.1, 0.15) is 25.0 Å². The number of carbonyl (C=O) groups is 1. The zero-order chi connectivity index (χ0) is 15.1. The number of rotatable bonds is 7. The van der Waals surface area contributed by atoms with Crippen LogP contribution in [0, 0.1) is 0 Å². The minimum Gasteiger partial charge on any atom is -0.376 e. The van der Waals surface area contributed by atoms with Crippen molar-refractivity contribution in [2.75, 3.05) is 26.1 Å². The second kappa shape index (κ2) is 8.41. The van der Waals surface area contributed by atoms with Crippen LogP contribution in [0.15, 0.2) is 11.4 Å². The highest BCUT2D eigenvalue weighted by Crippen LogP contribution is 2.13. The fourth-order valence-electron chi connectivity index (χ4n) is 2.24. The summed E-state index contributed by atoms with van der Waals surface area (Å²) in [5, 5.41) is 3.78. The number of nitrogens with one attached hydrogen (secondary N) is 1. The van der Waals surface area contributed by atoms with E-state index in [0.717, 1.165) is 30.3 Å². The van der Waals surface area contributed by atoms with Gasteiger partial charge in [0.1, 0.15) is 6.61 Å². The van der Waals surface area contributed by atoms with E-state index in [1.165, 1.54) is 6.42 Å². The predicted octanol–water partition coefficient (Wildman–Crippen LogP) is 1.34. The third-order valence-electron chi connectivity index (χ3n) is 3.50. The monoisotopic (exact) mass is 313 g/mol. The van der Waals surface area contributed by atoms with E-state index in [9.17, 15) is 4.79 Å². The lowest BCUT2D eigenvalue weighted by Gasteiger charge is -2.22. The summed E-state index contributed by atoms with van der Waals surface area (Å²) in [5.74, 6) is -0.113. The second-order valence-electron chi connectivity index (χ2n) is 5.08. The smallest absolute Gasteiger partial charge is 0.246 e. The van der Waals surface area contributed by atoms with Gasteiger partial charge in [-0.3, -0.25) is 4.79 Å². The van der Waals surface area contributed by atoms with Crippen LogP contribution in [0.4, 0.5) is 0 Å². The summed E-state index contributed by atoms with van der Waals surface area (Å²) < 4.78 is 12.9. The first kappa shape index (κ1) is 16.3. The minimum absolute atomic E-state index is 0.0765. The molecule has 1 saturated heterocycles. The van der Waals surface area contributed by atoms with Gasteiger partial charge in [0.2, 0.25) is 5.91 Å². The number of aromatic nitrogens is 2. The van der Waals surface area contributed by atoms with Crippen LogP contribution in [-0.4, -0.2) is 47.6 Å². The molecule has 0 spiro atoms. The van der Waals surface area contributed by atoms with E-state index in [2.05, 4.69) is 10.3 Å². The van der Waals surface area contributed by atoms with Gasteiger partial charge in [-0.05, 0) is 25.5 Å². The fraction of sp³-hybridized carbons (Fsp3) is 0.714. The summed E-state index contributed by atoms with van der Waals surface area (Å²) in [5.41, 5.74) is 0.975. The molecular formula is C14H23N3O3S. The molecular weight excluding hydrogens is 290 g/mol. The highest BCUT2D eigenvalue weighted by atomic mass is 32.2. The first-order valence-corrected chi connectivity index (χ1v) is 8.44. The van der Waals surface area contributed by atoms with Gasteiger partial charge in [-0.25, -0.2) is 4.98 Å². The third kappa shape index (κ3) is 5.01. The molecule has 2 rings (SSSR count). The number of hydrogen-bond donors (Lipinski definition) is 1. The Hall–Kier alpha value is -1.05. The van der Waals surface area contributed by atoms with Crippen molar-refractivity contribution in [2.45, 2.75) is 37.1 Å². The first-order chi connectivity index (χ1) is 10.2. The maximum atomic E-state index is 11.7. The largest absolute Gasteiger partial charge is 0.376 e. The van der Waals surface area contributed by atoms with Gasteiger partial charge in [-0.15, -0.1) is 0 Å². The first-order valence-electron chi connectivity index (χ1n) is 7.21. The summed E-state index contributed by atoms with van der Waals surface area (Å²) in [6.07, 6.45) is 7.23. The summed E-state index contributed by atoms with van der Waals surface area (Å²) in [6.45, 7) is 1.84. The van der Waals surface area contributed by atoms with Crippen LogP contribution in [-0.2, 0) is 27.9 Å². The van der Waals surface area contributed by atoms with Gasteiger partial charge in [0.05, 0.1) is 31.1 Å². The average molecular weight is 313 g/mol. The summed E-state index contributed by atoms with van der Waals surface area (Å²) in [4.78, 5) is 16.0. The Bertz CT molecular complexity index is 458. The van der Waals surface area contributed by atoms with E-state index in [0.29, 0.717) is 13.2 Å². The molecule has 1 aromatic rings. The summed E-state index contributed by atoms with van der Waals surface area (Å²) >= 11 is 1.58. The molecule has 0 aliphatic carbocycles. The fourth-order valence-corrected chi connectivity index (χ4v) is 2.79. The normalized spacial score (nSPS) is 18.7. The molecule has 0 aromatic carbocycles. The molecule has 7 heteroatoms. The molecule has 1 aliphatic heterocycles. The second-order valence-corrected chi connectivity index (χ2v) is 5.85. The maximum absolute atomic E-state index is 11.7. The van der Waals surface area contributed by atoms with Gasteiger partial charge in [0, 0.05) is 13.7 Å². The van der Waals surface area contributed by atoms with Gasteiger partial charge in [0.25, 0.3) is 0 Å². The van der Waals surface area contributed by atoms with Crippen molar-refractivity contribution in [3.8, 4) is 0 Å². The van der Waals surface area contributed by atoms with Crippen molar-refractivity contribution in [1.29, 1.82) is 0 Å². The lowest BCUT2D eigenvalue weighted by Crippen LogP contribution is -2.31. The van der Waals surface area contributed by atoms with Crippen molar-refractivity contribution in [3.63, 3.8) is 0 Å². The molecule has 21 heavy (non-hydrogen) atoms. The highest BCUT2D eigenvalue weighted by Gasteiger charge is 2.14. The molecule has 0 unspecified atom stereocenters. The quantitative estimate of drug-likeness (QED) is 0.770. The van der Waals surface area contributed by atoms with E-state index in [1.54, 1.807) is 18.0 Å². The Labute approximate surface area is 129 Å². The van der Waals surface area contributed by atoms with E-state index in [1.807, 2.05) is 17.9 Å². The molecule has 0 bridgehead atoms. The van der Waals surface area contributed by atoms with E-state index >= 15 is 0 Å². The molecule has 118 valence electrons. The standard InChI is InChI=1S/C14H23N3O3S/c1-17-11(8-16-14(17)21-2)7-15-13(18)10-19-9-12-5-3-4-6-20-12/h8,12H,3-7,9-10H2,1-2H3,(H,15,18)/t12-/m1/s1. The van der Waals surface area contributed by atoms with Crippen LogP contribution < -0.4 is 5.32 Å². The van der Waals surface area contributed by atoms with Crippen molar-refractivity contribution in [1.82, 2.24) is 14.9 Å². The van der Waals surface area contributed by atoms with Crippen molar-refractivity contribution in [2.24, 2.45) is 7.05 Å². The molecule has 0 radical (unpaired) electrons. The van der Waals surface area contributed by atoms with Crippen LogP contribution >= 0.6 is 11.8 Å². The molecule has 1 fully saturated rings. The zero-order valence-corrected chi connectivity index (χ0v) is 13.4. The Morgan fingerprint density at radius 1 is 1.62 bits per heavy atom. The molecule has 6 nitrogen and oxygen atoms in total. The Balaban J connectivity index is 1.63. The Morgan fingerprint density at radius 3 is 3.14 bits per heavy atom. The molecule has 1 amide bonds. The summed E-state index contributed by atoms with van der Waals surface area (Å²) in [6, 6.07) is 0. The molecule has 1 aromatic heterocycles. The summed E-state index contributed by atoms with van der Waals surface area (Å²) in [7, 11) is 1.94. The van der Waals surface area contributed by atoms with Gasteiger partial charge in [0.15, 0.2) is 5.16 Å². The maximum Gasteiger partial charge on any atom is 0.246 e. The predicted molar refractivity (Wildman–Crippen MR) is 81.2 cm³/mol. The van der Waals surface area contributed by atoms with Crippen LogP contribution in [0.25, 0.3) is 0 Å². The number of hydrogen-bond acceptors (Lipinski definition) is 5. The molecule has 2 heterocycles. The van der Waals surface area contributed by atoms with Crippen LogP contribution in [0.2, 0.25) is 0 Å². The van der Waals surface area contributed by atoms with Crippen LogP contribution in [0.3, 0.4) is 0 Å².